The third-order valence-corrected chi connectivity index (χ3v) is 2.34. The molecule has 4 nitrogen and oxygen atoms in total. The van der Waals surface area contributed by atoms with E-state index in [9.17, 15) is 4.39 Å². The number of hydrogen-bond donors (Lipinski definition) is 1. The average Bonchev–Trinajstić information content (AvgIpc) is 2.36. The van der Waals surface area contributed by atoms with Gasteiger partial charge in [0, 0.05) is 0 Å². The Morgan fingerprint density at radius 1 is 1.39 bits per heavy atom. The minimum Gasteiger partial charge on any atom is -0.438 e. The number of halogens is 1. The van der Waals surface area contributed by atoms with E-state index in [0.717, 1.165) is 0 Å². The molecule has 0 atom stereocenters. The maximum atomic E-state index is 13.1. The second-order valence-corrected chi connectivity index (χ2v) is 3.75. The van der Waals surface area contributed by atoms with E-state index in [4.69, 9.17) is 15.7 Å². The van der Waals surface area contributed by atoms with E-state index in [1.807, 2.05) is 6.07 Å². The third-order valence-electron chi connectivity index (χ3n) is 2.34. The fraction of sp³-hybridized carbons (Fsp3) is 0.0769. The molecule has 0 fully saturated rings. The molecule has 5 heteroatoms. The van der Waals surface area contributed by atoms with Gasteiger partial charge >= 0.3 is 0 Å². The molecule has 0 radical (unpaired) electrons. The minimum absolute atomic E-state index is 0.151. The molecule has 0 aliphatic rings. The van der Waals surface area contributed by atoms with Gasteiger partial charge in [0.1, 0.15) is 23.2 Å². The van der Waals surface area contributed by atoms with Crippen LogP contribution in [0.5, 0.6) is 11.6 Å². The molecule has 0 spiro atoms. The second-order valence-electron chi connectivity index (χ2n) is 3.75. The van der Waals surface area contributed by atoms with Gasteiger partial charge in [-0.1, -0.05) is 0 Å². The van der Waals surface area contributed by atoms with Crippen molar-refractivity contribution in [2.45, 2.75) is 6.92 Å². The molecule has 90 valence electrons. The Kier molecular flexibility index (Phi) is 3.11. The lowest BCUT2D eigenvalue weighted by atomic mass is 10.2. The van der Waals surface area contributed by atoms with Crippen molar-refractivity contribution in [2.75, 3.05) is 5.73 Å². The standard InChI is InChI=1S/C13H10FN3O/c1-8-4-11(2-3-12(8)14)18-13-9(6-15)5-10(16)7-17-13/h2-5,7H,16H2,1H3. The molecular formula is C13H10FN3O. The zero-order chi connectivity index (χ0) is 13.1. The zero-order valence-electron chi connectivity index (χ0n) is 9.64. The van der Waals surface area contributed by atoms with Gasteiger partial charge in [-0.05, 0) is 36.8 Å². The number of nitrogens with zero attached hydrogens (tertiary/aromatic N) is 2. The maximum Gasteiger partial charge on any atom is 0.237 e. The van der Waals surface area contributed by atoms with Crippen molar-refractivity contribution in [1.29, 1.82) is 5.26 Å². The first-order valence-corrected chi connectivity index (χ1v) is 5.20. The number of benzene rings is 1. The van der Waals surface area contributed by atoms with Gasteiger partial charge in [0.15, 0.2) is 0 Å². The Morgan fingerprint density at radius 3 is 2.83 bits per heavy atom. The summed E-state index contributed by atoms with van der Waals surface area (Å²) in [6, 6.07) is 7.72. The third kappa shape index (κ3) is 2.38. The van der Waals surface area contributed by atoms with Crippen LogP contribution in [0.25, 0.3) is 0 Å². The van der Waals surface area contributed by atoms with Crippen LogP contribution in [0.2, 0.25) is 0 Å². The van der Waals surface area contributed by atoms with Crippen molar-refractivity contribution >= 4 is 5.69 Å². The largest absolute Gasteiger partial charge is 0.438 e. The lowest BCUT2D eigenvalue weighted by Gasteiger charge is -2.07. The topological polar surface area (TPSA) is 71.9 Å². The molecule has 0 aliphatic carbocycles. The summed E-state index contributed by atoms with van der Waals surface area (Å²) in [5, 5.41) is 8.93. The summed E-state index contributed by atoms with van der Waals surface area (Å²) >= 11 is 0. The molecular weight excluding hydrogens is 233 g/mol. The van der Waals surface area contributed by atoms with E-state index in [2.05, 4.69) is 4.98 Å². The van der Waals surface area contributed by atoms with Crippen LogP contribution in [0.4, 0.5) is 10.1 Å². The van der Waals surface area contributed by atoms with Gasteiger partial charge in [-0.2, -0.15) is 5.26 Å². The first-order valence-electron chi connectivity index (χ1n) is 5.20. The lowest BCUT2D eigenvalue weighted by Crippen LogP contribution is -1.95. The van der Waals surface area contributed by atoms with Crippen molar-refractivity contribution < 1.29 is 9.13 Å². The number of ether oxygens (including phenoxy) is 1. The predicted octanol–water partition coefficient (Wildman–Crippen LogP) is 2.78. The van der Waals surface area contributed by atoms with Crippen LogP contribution < -0.4 is 10.5 Å². The highest BCUT2D eigenvalue weighted by Crippen LogP contribution is 2.25. The number of aromatic nitrogens is 1. The number of pyridine rings is 1. The Balaban J connectivity index is 2.34. The second kappa shape index (κ2) is 4.72. The highest BCUT2D eigenvalue weighted by Gasteiger charge is 2.08. The van der Waals surface area contributed by atoms with Crippen LogP contribution in [0.3, 0.4) is 0 Å². The molecule has 2 N–H and O–H groups in total. The summed E-state index contributed by atoms with van der Waals surface area (Å²) in [7, 11) is 0. The Labute approximate surface area is 103 Å². The number of nitrogen functional groups attached to an aromatic ring is 1. The number of rotatable bonds is 2. The van der Waals surface area contributed by atoms with Crippen LogP contribution in [0, 0.1) is 24.1 Å². The SMILES string of the molecule is Cc1cc(Oc2ncc(N)cc2C#N)ccc1F. The summed E-state index contributed by atoms with van der Waals surface area (Å²) in [4.78, 5) is 3.93. The molecule has 18 heavy (non-hydrogen) atoms. The van der Waals surface area contributed by atoms with Gasteiger partial charge in [-0.15, -0.1) is 0 Å². The van der Waals surface area contributed by atoms with Crippen LogP contribution in [-0.2, 0) is 0 Å². The molecule has 1 heterocycles. The quantitative estimate of drug-likeness (QED) is 0.880. The molecule has 0 amide bonds. The summed E-state index contributed by atoms with van der Waals surface area (Å²) in [6.45, 7) is 1.63. The van der Waals surface area contributed by atoms with Gasteiger partial charge in [-0.3, -0.25) is 0 Å². The number of nitrogens with two attached hydrogens (primary N) is 1. The number of hydrogen-bond acceptors (Lipinski definition) is 4. The van der Waals surface area contributed by atoms with E-state index >= 15 is 0 Å². The molecule has 1 aromatic carbocycles. The first-order chi connectivity index (χ1) is 8.60. The monoisotopic (exact) mass is 243 g/mol. The van der Waals surface area contributed by atoms with Crippen molar-refractivity contribution in [3.63, 3.8) is 0 Å². The molecule has 0 saturated heterocycles. The van der Waals surface area contributed by atoms with Gasteiger partial charge < -0.3 is 10.5 Å². The van der Waals surface area contributed by atoms with Crippen LogP contribution in [0.15, 0.2) is 30.5 Å². The number of aryl methyl sites for hydroxylation is 1. The number of nitriles is 1. The normalized spacial score (nSPS) is 9.83. The van der Waals surface area contributed by atoms with E-state index in [0.29, 0.717) is 17.0 Å². The molecule has 0 unspecified atom stereocenters. The van der Waals surface area contributed by atoms with Crippen LogP contribution in [0.1, 0.15) is 11.1 Å². The summed E-state index contributed by atoms with van der Waals surface area (Å²) < 4.78 is 18.5. The molecule has 2 aromatic rings. The highest BCUT2D eigenvalue weighted by molar-refractivity contribution is 5.49. The summed E-state index contributed by atoms with van der Waals surface area (Å²) in [5.74, 6) is 0.258. The minimum atomic E-state index is -0.312. The van der Waals surface area contributed by atoms with E-state index in [1.54, 1.807) is 6.92 Å². The van der Waals surface area contributed by atoms with Crippen molar-refractivity contribution in [1.82, 2.24) is 4.98 Å². The van der Waals surface area contributed by atoms with Crippen molar-refractivity contribution in [3.05, 3.63) is 47.4 Å². The molecule has 2 rings (SSSR count). The first kappa shape index (κ1) is 11.9. The molecule has 0 aliphatic heterocycles. The van der Waals surface area contributed by atoms with Crippen LogP contribution in [-0.4, -0.2) is 4.98 Å². The van der Waals surface area contributed by atoms with E-state index in [1.165, 1.54) is 30.5 Å². The Hall–Kier alpha value is -2.61. The predicted molar refractivity (Wildman–Crippen MR) is 64.6 cm³/mol. The van der Waals surface area contributed by atoms with Gasteiger partial charge in [0.25, 0.3) is 0 Å². The summed E-state index contributed by atoms with van der Waals surface area (Å²) in [6.07, 6.45) is 1.40. The van der Waals surface area contributed by atoms with E-state index < -0.39 is 0 Å². The van der Waals surface area contributed by atoms with Crippen LogP contribution >= 0.6 is 0 Å². The van der Waals surface area contributed by atoms with E-state index in [-0.39, 0.29) is 17.3 Å². The lowest BCUT2D eigenvalue weighted by molar-refractivity contribution is 0.459. The van der Waals surface area contributed by atoms with Gasteiger partial charge in [0.05, 0.1) is 11.9 Å². The fourth-order valence-electron chi connectivity index (χ4n) is 1.42. The van der Waals surface area contributed by atoms with Gasteiger partial charge in [-0.25, -0.2) is 9.37 Å². The Bertz CT molecular complexity index is 635. The number of anilines is 1. The zero-order valence-corrected chi connectivity index (χ0v) is 9.64. The summed E-state index contributed by atoms with van der Waals surface area (Å²) in [5.41, 5.74) is 6.60. The van der Waals surface area contributed by atoms with Crippen molar-refractivity contribution in [3.8, 4) is 17.7 Å². The molecule has 0 bridgehead atoms. The maximum absolute atomic E-state index is 13.1. The molecule has 1 aromatic heterocycles. The average molecular weight is 243 g/mol. The van der Waals surface area contributed by atoms with Gasteiger partial charge in [0.2, 0.25) is 5.88 Å². The Morgan fingerprint density at radius 2 is 2.17 bits per heavy atom. The smallest absolute Gasteiger partial charge is 0.237 e. The molecule has 0 saturated carbocycles. The fourth-order valence-corrected chi connectivity index (χ4v) is 1.42. The van der Waals surface area contributed by atoms with Crippen molar-refractivity contribution in [2.24, 2.45) is 0 Å². The highest BCUT2D eigenvalue weighted by atomic mass is 19.1.